The average molecular weight is 407 g/mol. The predicted octanol–water partition coefficient (Wildman–Crippen LogP) is 3.25. The first-order chi connectivity index (χ1) is 14.5. The molecule has 1 unspecified atom stereocenters. The van der Waals surface area contributed by atoms with Gasteiger partial charge in [-0.3, -0.25) is 4.79 Å². The third kappa shape index (κ3) is 2.99. The second-order valence-electron chi connectivity index (χ2n) is 9.09. The van der Waals surface area contributed by atoms with Crippen LogP contribution in [0.1, 0.15) is 29.5 Å². The Kier molecular flexibility index (Phi) is 4.73. The number of likely N-dealkylation sites (N-methyl/N-ethyl adjacent to an activating group) is 1. The SMILES string of the molecule is COc1ccc(CN2C[C@H]3[C@H]4Cc5ccc(OC)cc5C3(CCN4C)CC2=O)cc1. The fraction of sp³-hybridized carbons (Fsp3) is 0.480. The zero-order valence-electron chi connectivity index (χ0n) is 18.1. The summed E-state index contributed by atoms with van der Waals surface area (Å²) in [6.45, 7) is 2.52. The molecule has 3 atom stereocenters. The van der Waals surface area contributed by atoms with Crippen LogP contribution in [0.25, 0.3) is 0 Å². The number of hydrogen-bond acceptors (Lipinski definition) is 4. The van der Waals surface area contributed by atoms with E-state index in [1.807, 2.05) is 12.1 Å². The summed E-state index contributed by atoms with van der Waals surface area (Å²) in [6, 6.07) is 15.0. The smallest absolute Gasteiger partial charge is 0.223 e. The minimum atomic E-state index is -0.0627. The number of piperidine rings is 2. The number of ether oxygens (including phenoxy) is 2. The van der Waals surface area contributed by atoms with Crippen LogP contribution in [0.4, 0.5) is 0 Å². The highest BCUT2D eigenvalue weighted by Crippen LogP contribution is 2.53. The Hall–Kier alpha value is -2.53. The zero-order chi connectivity index (χ0) is 20.9. The van der Waals surface area contributed by atoms with Crippen LogP contribution >= 0.6 is 0 Å². The number of likely N-dealkylation sites (tertiary alicyclic amines) is 2. The molecule has 5 heteroatoms. The molecule has 0 aromatic heterocycles. The van der Waals surface area contributed by atoms with Crippen molar-refractivity contribution in [2.45, 2.75) is 37.3 Å². The van der Waals surface area contributed by atoms with Crippen LogP contribution in [0.15, 0.2) is 42.5 Å². The minimum Gasteiger partial charge on any atom is -0.497 e. The lowest BCUT2D eigenvalue weighted by Crippen LogP contribution is -2.65. The number of fused-ring (bicyclic) bond motifs is 1. The van der Waals surface area contributed by atoms with Crippen molar-refractivity contribution in [3.05, 3.63) is 59.2 Å². The van der Waals surface area contributed by atoms with E-state index in [-0.39, 0.29) is 11.3 Å². The van der Waals surface area contributed by atoms with Gasteiger partial charge in [-0.2, -0.15) is 0 Å². The van der Waals surface area contributed by atoms with Crippen molar-refractivity contribution in [3.63, 3.8) is 0 Å². The molecule has 5 nitrogen and oxygen atoms in total. The van der Waals surface area contributed by atoms with Gasteiger partial charge in [-0.05, 0) is 67.4 Å². The largest absolute Gasteiger partial charge is 0.497 e. The van der Waals surface area contributed by atoms with Crippen molar-refractivity contribution in [2.75, 3.05) is 34.4 Å². The number of rotatable bonds is 4. The van der Waals surface area contributed by atoms with E-state index in [1.54, 1.807) is 14.2 Å². The highest BCUT2D eigenvalue weighted by atomic mass is 16.5. The fourth-order valence-electron chi connectivity index (χ4n) is 6.02. The molecule has 5 rings (SSSR count). The van der Waals surface area contributed by atoms with Crippen LogP contribution < -0.4 is 9.47 Å². The zero-order valence-corrected chi connectivity index (χ0v) is 18.1. The van der Waals surface area contributed by atoms with Gasteiger partial charge in [0.15, 0.2) is 0 Å². The molecule has 2 saturated heterocycles. The highest BCUT2D eigenvalue weighted by Gasteiger charge is 2.56. The Morgan fingerprint density at radius 1 is 1.07 bits per heavy atom. The van der Waals surface area contributed by atoms with Gasteiger partial charge in [-0.1, -0.05) is 18.2 Å². The van der Waals surface area contributed by atoms with Crippen molar-refractivity contribution < 1.29 is 14.3 Å². The van der Waals surface area contributed by atoms with Crippen molar-refractivity contribution >= 4 is 5.91 Å². The second kappa shape index (κ2) is 7.31. The second-order valence-corrected chi connectivity index (χ2v) is 9.09. The molecule has 0 saturated carbocycles. The van der Waals surface area contributed by atoms with Gasteiger partial charge in [-0.25, -0.2) is 0 Å². The summed E-state index contributed by atoms with van der Waals surface area (Å²) >= 11 is 0. The molecule has 3 aliphatic rings. The first-order valence-corrected chi connectivity index (χ1v) is 10.8. The van der Waals surface area contributed by atoms with Crippen molar-refractivity contribution in [2.24, 2.45) is 5.92 Å². The van der Waals surface area contributed by atoms with Gasteiger partial charge in [0.1, 0.15) is 11.5 Å². The summed E-state index contributed by atoms with van der Waals surface area (Å²) in [7, 11) is 5.64. The summed E-state index contributed by atoms with van der Waals surface area (Å²) in [6.07, 6.45) is 2.68. The lowest BCUT2D eigenvalue weighted by atomic mass is 9.54. The first kappa shape index (κ1) is 19.4. The molecule has 1 aliphatic carbocycles. The Morgan fingerprint density at radius 3 is 2.53 bits per heavy atom. The van der Waals surface area contributed by atoms with Gasteiger partial charge >= 0.3 is 0 Å². The Labute approximate surface area is 178 Å². The van der Waals surface area contributed by atoms with Crippen molar-refractivity contribution in [1.29, 1.82) is 0 Å². The summed E-state index contributed by atoms with van der Waals surface area (Å²) < 4.78 is 10.8. The van der Waals surface area contributed by atoms with Crippen LogP contribution in [0, 0.1) is 5.92 Å². The number of amides is 1. The standard InChI is InChI=1S/C25H30N2O3/c1-26-11-10-25-14-24(28)27(15-17-4-7-19(29-2)8-5-17)16-22(25)23(26)12-18-6-9-20(30-3)13-21(18)25/h4-9,13,22-23H,10-12,14-16H2,1-3H3/t22-,23+,25?/m0/s1. The third-order valence-corrected chi connectivity index (χ3v) is 7.70. The van der Waals surface area contributed by atoms with Gasteiger partial charge in [-0.15, -0.1) is 0 Å². The topological polar surface area (TPSA) is 42.0 Å². The summed E-state index contributed by atoms with van der Waals surface area (Å²) in [5, 5.41) is 0. The quantitative estimate of drug-likeness (QED) is 0.782. The van der Waals surface area contributed by atoms with E-state index >= 15 is 0 Å². The van der Waals surface area contributed by atoms with Crippen molar-refractivity contribution in [3.8, 4) is 11.5 Å². The van der Waals surface area contributed by atoms with Crippen LogP contribution in [0.5, 0.6) is 11.5 Å². The monoisotopic (exact) mass is 406 g/mol. The molecule has 158 valence electrons. The molecule has 0 radical (unpaired) electrons. The van der Waals surface area contributed by atoms with Gasteiger partial charge in [0.2, 0.25) is 5.91 Å². The number of nitrogens with zero attached hydrogens (tertiary/aromatic N) is 2. The first-order valence-electron chi connectivity index (χ1n) is 10.8. The summed E-state index contributed by atoms with van der Waals surface area (Å²) in [5.74, 6) is 2.46. The number of hydrogen-bond donors (Lipinski definition) is 0. The molecule has 0 spiro atoms. The number of carbonyl (C=O) groups excluding carboxylic acids is 1. The van der Waals surface area contributed by atoms with E-state index in [9.17, 15) is 4.79 Å². The minimum absolute atomic E-state index is 0.0627. The molecular formula is C25H30N2O3. The Balaban J connectivity index is 1.48. The summed E-state index contributed by atoms with van der Waals surface area (Å²) in [5.41, 5.74) is 3.83. The highest BCUT2D eigenvalue weighted by molar-refractivity contribution is 5.80. The lowest BCUT2D eigenvalue weighted by Gasteiger charge is -2.59. The predicted molar refractivity (Wildman–Crippen MR) is 116 cm³/mol. The fourth-order valence-corrected chi connectivity index (χ4v) is 6.02. The van der Waals surface area contributed by atoms with Crippen LogP contribution in [0.3, 0.4) is 0 Å². The van der Waals surface area contributed by atoms with Gasteiger partial charge in [0.25, 0.3) is 0 Å². The maximum Gasteiger partial charge on any atom is 0.223 e. The van der Waals surface area contributed by atoms with E-state index in [0.717, 1.165) is 43.0 Å². The maximum absolute atomic E-state index is 13.4. The van der Waals surface area contributed by atoms with Crippen LogP contribution in [0.2, 0.25) is 0 Å². The molecule has 1 amide bonds. The summed E-state index contributed by atoms with van der Waals surface area (Å²) in [4.78, 5) is 18.0. The van der Waals surface area contributed by atoms with Gasteiger partial charge < -0.3 is 19.3 Å². The molecule has 2 aromatic rings. The molecular weight excluding hydrogens is 376 g/mol. The van der Waals surface area contributed by atoms with Crippen LogP contribution in [-0.2, 0) is 23.2 Å². The molecule has 2 fully saturated rings. The third-order valence-electron chi connectivity index (χ3n) is 7.70. The van der Waals surface area contributed by atoms with Crippen LogP contribution in [-0.4, -0.2) is 56.1 Å². The van der Waals surface area contributed by atoms with Gasteiger partial charge in [0.05, 0.1) is 14.2 Å². The molecule has 2 bridgehead atoms. The van der Waals surface area contributed by atoms with E-state index < -0.39 is 0 Å². The lowest BCUT2D eigenvalue weighted by molar-refractivity contribution is -0.144. The van der Waals surface area contributed by atoms with E-state index in [2.05, 4.69) is 47.2 Å². The van der Waals surface area contributed by atoms with Gasteiger partial charge in [0, 0.05) is 36.9 Å². The number of methoxy groups -OCH3 is 2. The van der Waals surface area contributed by atoms with E-state index in [1.165, 1.54) is 11.1 Å². The Bertz CT molecular complexity index is 957. The maximum atomic E-state index is 13.4. The molecule has 2 aromatic carbocycles. The molecule has 0 N–H and O–H groups in total. The van der Waals surface area contributed by atoms with E-state index in [4.69, 9.17) is 9.47 Å². The van der Waals surface area contributed by atoms with E-state index in [0.29, 0.717) is 24.9 Å². The van der Waals surface area contributed by atoms with Crippen molar-refractivity contribution in [1.82, 2.24) is 9.80 Å². The molecule has 2 aliphatic heterocycles. The number of carbonyl (C=O) groups is 1. The average Bonchev–Trinajstić information content (AvgIpc) is 2.77. The number of benzene rings is 2. The molecule has 30 heavy (non-hydrogen) atoms. The normalized spacial score (nSPS) is 28.0. The Morgan fingerprint density at radius 2 is 1.80 bits per heavy atom. The molecule has 2 heterocycles.